The molecule has 0 unspecified atom stereocenters. The number of rotatable bonds is 6. The third-order valence-electron chi connectivity index (χ3n) is 3.71. The van der Waals surface area contributed by atoms with E-state index in [0.717, 1.165) is 33.6 Å². The molecular formula is C21H19N3. The van der Waals surface area contributed by atoms with Crippen LogP contribution >= 0.6 is 0 Å². The molecule has 0 saturated carbocycles. The predicted molar refractivity (Wildman–Crippen MR) is 100 cm³/mol. The SMILES string of the molecule is C=C(NNC(=C)c1ccc(-c2cccnc2)cc1)c1ccccc1. The maximum atomic E-state index is 4.15. The standard InChI is InChI=1S/C21H19N3/c1-16(18-7-4-3-5-8-18)23-24-17(2)19-10-12-20(13-11-19)21-9-6-14-22-15-21/h3-15,23-24H,1-2H2. The van der Waals surface area contributed by atoms with Crippen LogP contribution in [0.5, 0.6) is 0 Å². The Bertz CT molecular complexity index is 822. The molecule has 0 atom stereocenters. The second-order valence-corrected chi connectivity index (χ2v) is 5.39. The van der Waals surface area contributed by atoms with Gasteiger partial charge in [-0.15, -0.1) is 0 Å². The van der Waals surface area contributed by atoms with Crippen LogP contribution in [0.3, 0.4) is 0 Å². The lowest BCUT2D eigenvalue weighted by Gasteiger charge is -2.14. The fourth-order valence-corrected chi connectivity index (χ4v) is 2.33. The minimum atomic E-state index is 0.782. The first-order valence-electron chi connectivity index (χ1n) is 7.70. The van der Waals surface area contributed by atoms with E-state index in [2.05, 4.69) is 41.1 Å². The average molecular weight is 313 g/mol. The first-order valence-corrected chi connectivity index (χ1v) is 7.70. The molecule has 2 N–H and O–H groups in total. The first kappa shape index (κ1) is 15.6. The number of hydrogen-bond acceptors (Lipinski definition) is 3. The van der Waals surface area contributed by atoms with Crippen LogP contribution in [0.15, 0.2) is 92.3 Å². The van der Waals surface area contributed by atoms with Gasteiger partial charge in [0.2, 0.25) is 0 Å². The summed E-state index contributed by atoms with van der Waals surface area (Å²) >= 11 is 0. The van der Waals surface area contributed by atoms with E-state index >= 15 is 0 Å². The maximum Gasteiger partial charge on any atom is 0.0540 e. The number of aromatic nitrogens is 1. The van der Waals surface area contributed by atoms with Crippen molar-refractivity contribution in [1.29, 1.82) is 0 Å². The lowest BCUT2D eigenvalue weighted by Crippen LogP contribution is -2.27. The van der Waals surface area contributed by atoms with Crippen molar-refractivity contribution in [2.24, 2.45) is 0 Å². The zero-order chi connectivity index (χ0) is 16.8. The molecule has 118 valence electrons. The molecule has 0 amide bonds. The van der Waals surface area contributed by atoms with Crippen molar-refractivity contribution in [2.45, 2.75) is 0 Å². The van der Waals surface area contributed by atoms with Gasteiger partial charge in [-0.1, -0.05) is 73.8 Å². The summed E-state index contributed by atoms with van der Waals surface area (Å²) in [5, 5.41) is 0. The van der Waals surface area contributed by atoms with Crippen LogP contribution in [0.2, 0.25) is 0 Å². The number of nitrogens with zero attached hydrogens (tertiary/aromatic N) is 1. The van der Waals surface area contributed by atoms with E-state index in [9.17, 15) is 0 Å². The molecule has 0 radical (unpaired) electrons. The molecule has 3 rings (SSSR count). The Morgan fingerprint density at radius 1 is 0.667 bits per heavy atom. The Balaban J connectivity index is 1.62. The van der Waals surface area contributed by atoms with E-state index in [1.807, 2.05) is 60.8 Å². The smallest absolute Gasteiger partial charge is 0.0540 e. The van der Waals surface area contributed by atoms with Crippen molar-refractivity contribution in [3.8, 4) is 11.1 Å². The molecule has 0 saturated heterocycles. The van der Waals surface area contributed by atoms with Gasteiger partial charge in [0.15, 0.2) is 0 Å². The van der Waals surface area contributed by atoms with Gasteiger partial charge >= 0.3 is 0 Å². The van der Waals surface area contributed by atoms with Gasteiger partial charge < -0.3 is 10.9 Å². The fraction of sp³-hybridized carbons (Fsp3) is 0. The molecular weight excluding hydrogens is 294 g/mol. The molecule has 3 heteroatoms. The van der Waals surface area contributed by atoms with Crippen molar-refractivity contribution >= 4 is 11.4 Å². The van der Waals surface area contributed by atoms with Crippen molar-refractivity contribution in [3.05, 3.63) is 103 Å². The second-order valence-electron chi connectivity index (χ2n) is 5.39. The number of pyridine rings is 1. The van der Waals surface area contributed by atoms with Gasteiger partial charge in [0.1, 0.15) is 0 Å². The van der Waals surface area contributed by atoms with Crippen LogP contribution in [-0.4, -0.2) is 4.98 Å². The summed E-state index contributed by atoms with van der Waals surface area (Å²) in [5.74, 6) is 0. The van der Waals surface area contributed by atoms with E-state index in [-0.39, 0.29) is 0 Å². The molecule has 0 spiro atoms. The van der Waals surface area contributed by atoms with Gasteiger partial charge in [0.25, 0.3) is 0 Å². The third kappa shape index (κ3) is 3.70. The topological polar surface area (TPSA) is 37.0 Å². The predicted octanol–water partition coefficient (Wildman–Crippen LogP) is 4.48. The summed E-state index contributed by atoms with van der Waals surface area (Å²) in [6.07, 6.45) is 3.63. The van der Waals surface area contributed by atoms with Gasteiger partial charge in [-0.25, -0.2) is 0 Å². The summed E-state index contributed by atoms with van der Waals surface area (Å²) < 4.78 is 0. The van der Waals surface area contributed by atoms with Crippen LogP contribution in [0.1, 0.15) is 11.1 Å². The third-order valence-corrected chi connectivity index (χ3v) is 3.71. The van der Waals surface area contributed by atoms with Gasteiger partial charge in [0.05, 0.1) is 11.4 Å². The number of hydrogen-bond donors (Lipinski definition) is 2. The minimum absolute atomic E-state index is 0.782. The summed E-state index contributed by atoms with van der Waals surface area (Å²) in [6.45, 7) is 8.09. The van der Waals surface area contributed by atoms with E-state index < -0.39 is 0 Å². The lowest BCUT2D eigenvalue weighted by molar-refractivity contribution is 0.819. The quantitative estimate of drug-likeness (QED) is 0.659. The summed E-state index contributed by atoms with van der Waals surface area (Å²) in [5.41, 5.74) is 12.0. The van der Waals surface area contributed by atoms with Crippen LogP contribution in [-0.2, 0) is 0 Å². The molecule has 1 heterocycles. The highest BCUT2D eigenvalue weighted by Crippen LogP contribution is 2.20. The Morgan fingerprint density at radius 2 is 1.29 bits per heavy atom. The number of hydrazine groups is 1. The minimum Gasteiger partial charge on any atom is -0.301 e. The fourth-order valence-electron chi connectivity index (χ4n) is 2.33. The van der Waals surface area contributed by atoms with E-state index in [4.69, 9.17) is 0 Å². The van der Waals surface area contributed by atoms with Crippen LogP contribution in [0, 0.1) is 0 Å². The van der Waals surface area contributed by atoms with E-state index in [1.54, 1.807) is 6.20 Å². The molecule has 2 aromatic carbocycles. The largest absolute Gasteiger partial charge is 0.301 e. The normalized spacial score (nSPS) is 10.0. The molecule has 0 fully saturated rings. The Labute approximate surface area is 142 Å². The highest BCUT2D eigenvalue weighted by Gasteiger charge is 2.02. The molecule has 0 aliphatic heterocycles. The molecule has 24 heavy (non-hydrogen) atoms. The summed E-state index contributed by atoms with van der Waals surface area (Å²) in [4.78, 5) is 4.15. The van der Waals surface area contributed by atoms with Gasteiger partial charge in [0, 0.05) is 12.4 Å². The molecule has 3 nitrogen and oxygen atoms in total. The Morgan fingerprint density at radius 3 is 1.88 bits per heavy atom. The molecule has 1 aromatic heterocycles. The highest BCUT2D eigenvalue weighted by atomic mass is 15.4. The molecule has 0 aliphatic rings. The van der Waals surface area contributed by atoms with Crippen LogP contribution in [0.4, 0.5) is 0 Å². The maximum absolute atomic E-state index is 4.15. The van der Waals surface area contributed by atoms with Crippen molar-refractivity contribution in [3.63, 3.8) is 0 Å². The van der Waals surface area contributed by atoms with Crippen molar-refractivity contribution in [1.82, 2.24) is 15.8 Å². The first-order chi connectivity index (χ1) is 11.7. The Kier molecular flexibility index (Phi) is 4.73. The lowest BCUT2D eigenvalue weighted by atomic mass is 10.0. The van der Waals surface area contributed by atoms with E-state index in [0.29, 0.717) is 0 Å². The monoisotopic (exact) mass is 313 g/mol. The zero-order valence-electron chi connectivity index (χ0n) is 13.4. The zero-order valence-corrected chi connectivity index (χ0v) is 13.4. The second kappa shape index (κ2) is 7.29. The van der Waals surface area contributed by atoms with Gasteiger partial charge in [-0.3, -0.25) is 4.98 Å². The van der Waals surface area contributed by atoms with E-state index in [1.165, 1.54) is 0 Å². The molecule has 0 aliphatic carbocycles. The number of nitrogens with one attached hydrogen (secondary N) is 2. The highest BCUT2D eigenvalue weighted by molar-refractivity contribution is 5.69. The van der Waals surface area contributed by atoms with Crippen LogP contribution < -0.4 is 10.9 Å². The van der Waals surface area contributed by atoms with Crippen molar-refractivity contribution < 1.29 is 0 Å². The number of benzene rings is 2. The van der Waals surface area contributed by atoms with Crippen molar-refractivity contribution in [2.75, 3.05) is 0 Å². The van der Waals surface area contributed by atoms with Crippen LogP contribution in [0.25, 0.3) is 22.5 Å². The molecule has 3 aromatic rings. The van der Waals surface area contributed by atoms with Gasteiger partial charge in [-0.05, 0) is 28.3 Å². The van der Waals surface area contributed by atoms with Gasteiger partial charge in [-0.2, -0.15) is 0 Å². The molecule has 0 bridgehead atoms. The summed E-state index contributed by atoms with van der Waals surface area (Å²) in [7, 11) is 0. The Hall–Kier alpha value is -3.33. The summed E-state index contributed by atoms with van der Waals surface area (Å²) in [6, 6.07) is 22.1. The average Bonchev–Trinajstić information content (AvgIpc) is 2.67.